The second kappa shape index (κ2) is 5.26. The van der Waals surface area contributed by atoms with Crippen LogP contribution in [0.1, 0.15) is 5.56 Å². The predicted molar refractivity (Wildman–Crippen MR) is 74.6 cm³/mol. The molecule has 102 valence electrons. The molecule has 0 bridgehead atoms. The number of nitrogens with one attached hydrogen (secondary N) is 1. The van der Waals surface area contributed by atoms with E-state index in [4.69, 9.17) is 27.9 Å². The highest BCUT2D eigenvalue weighted by Gasteiger charge is 2.10. The quantitative estimate of drug-likeness (QED) is 0.744. The Kier molecular flexibility index (Phi) is 3.46. The molecule has 2 heterocycles. The number of hydrogen-bond acceptors (Lipinski definition) is 3. The molecule has 0 aliphatic carbocycles. The minimum Gasteiger partial charge on any atom is -0.471 e. The van der Waals surface area contributed by atoms with E-state index in [1.165, 1.54) is 12.4 Å². The second-order valence-corrected chi connectivity index (χ2v) is 4.89. The molecule has 0 fully saturated rings. The number of nitrogens with zero attached hydrogens (tertiary/aromatic N) is 2. The number of benzene rings is 1. The van der Waals surface area contributed by atoms with E-state index >= 15 is 0 Å². The third-order valence-electron chi connectivity index (χ3n) is 2.73. The highest BCUT2D eigenvalue weighted by molar-refractivity contribution is 6.30. The van der Waals surface area contributed by atoms with E-state index in [-0.39, 0.29) is 17.6 Å². The number of hydrogen-bond donors (Lipinski definition) is 1. The van der Waals surface area contributed by atoms with Gasteiger partial charge in [0.15, 0.2) is 0 Å². The summed E-state index contributed by atoms with van der Waals surface area (Å²) in [6.07, 6.45) is 1.51. The third-order valence-corrected chi connectivity index (χ3v) is 3.15. The number of H-pyrrole nitrogens is 1. The fourth-order valence-electron chi connectivity index (χ4n) is 1.77. The molecule has 1 aromatic carbocycles. The molecule has 20 heavy (non-hydrogen) atoms. The first kappa shape index (κ1) is 13.1. The Labute approximate surface area is 123 Å². The van der Waals surface area contributed by atoms with Crippen LogP contribution in [0.3, 0.4) is 0 Å². The van der Waals surface area contributed by atoms with E-state index in [0.29, 0.717) is 21.6 Å². The molecule has 3 rings (SSSR count). The summed E-state index contributed by atoms with van der Waals surface area (Å²) in [5.41, 5.74) is 1.63. The predicted octanol–water partition coefficient (Wildman–Crippen LogP) is 3.98. The lowest BCUT2D eigenvalue weighted by molar-refractivity contribution is 0.291. The Morgan fingerprint density at radius 1 is 1.25 bits per heavy atom. The van der Waals surface area contributed by atoms with Crippen molar-refractivity contribution in [3.63, 3.8) is 0 Å². The molecule has 7 heteroatoms. The standard InChI is InChI=1S/C13H8Cl2FN3O/c14-8-2-1-7(9(16)3-8)5-20-13-12-10(17-6-18-12)4-11(15)19-13/h1-4,6H,5H2,(H,17,18). The largest absolute Gasteiger partial charge is 0.471 e. The van der Waals surface area contributed by atoms with Gasteiger partial charge in [-0.1, -0.05) is 29.3 Å². The van der Waals surface area contributed by atoms with Crippen LogP contribution >= 0.6 is 23.2 Å². The smallest absolute Gasteiger partial charge is 0.241 e. The number of pyridine rings is 1. The van der Waals surface area contributed by atoms with Crippen molar-refractivity contribution >= 4 is 34.2 Å². The van der Waals surface area contributed by atoms with Crippen molar-refractivity contribution in [3.8, 4) is 5.88 Å². The number of halogens is 3. The molecule has 3 aromatic rings. The second-order valence-electron chi connectivity index (χ2n) is 4.07. The van der Waals surface area contributed by atoms with Gasteiger partial charge in [-0.15, -0.1) is 0 Å². The minimum absolute atomic E-state index is 0.0183. The van der Waals surface area contributed by atoms with Crippen molar-refractivity contribution < 1.29 is 9.13 Å². The number of aromatic nitrogens is 3. The van der Waals surface area contributed by atoms with Gasteiger partial charge in [0.2, 0.25) is 5.88 Å². The van der Waals surface area contributed by atoms with Gasteiger partial charge < -0.3 is 9.72 Å². The average molecular weight is 312 g/mol. The van der Waals surface area contributed by atoms with Crippen molar-refractivity contribution in [2.24, 2.45) is 0 Å². The van der Waals surface area contributed by atoms with Crippen LogP contribution in [0.5, 0.6) is 5.88 Å². The average Bonchev–Trinajstić information content (AvgIpc) is 2.85. The summed E-state index contributed by atoms with van der Waals surface area (Å²) in [7, 11) is 0. The zero-order chi connectivity index (χ0) is 14.1. The number of imidazole rings is 1. The molecule has 0 saturated carbocycles. The summed E-state index contributed by atoms with van der Waals surface area (Å²) in [5.74, 6) is -0.153. The number of rotatable bonds is 3. The maximum Gasteiger partial charge on any atom is 0.241 e. The van der Waals surface area contributed by atoms with Crippen LogP contribution in [-0.2, 0) is 6.61 Å². The fourth-order valence-corrected chi connectivity index (χ4v) is 2.11. The molecular weight excluding hydrogens is 304 g/mol. The van der Waals surface area contributed by atoms with Gasteiger partial charge in [-0.2, -0.15) is 4.98 Å². The van der Waals surface area contributed by atoms with Gasteiger partial charge in [-0.3, -0.25) is 0 Å². The fraction of sp³-hybridized carbons (Fsp3) is 0.0769. The summed E-state index contributed by atoms with van der Waals surface area (Å²) in [5, 5.41) is 0.597. The van der Waals surface area contributed by atoms with Gasteiger partial charge in [0.05, 0.1) is 11.8 Å². The molecule has 0 aliphatic heterocycles. The van der Waals surface area contributed by atoms with Crippen molar-refractivity contribution in [1.82, 2.24) is 15.0 Å². The summed E-state index contributed by atoms with van der Waals surface area (Å²) in [6, 6.07) is 6.01. The summed E-state index contributed by atoms with van der Waals surface area (Å²) in [6.45, 7) is 0.0183. The van der Waals surface area contributed by atoms with Gasteiger partial charge in [-0.05, 0) is 12.1 Å². The van der Waals surface area contributed by atoms with Crippen LogP contribution in [0, 0.1) is 5.82 Å². The first-order valence-corrected chi connectivity index (χ1v) is 6.45. The molecule has 0 atom stereocenters. The topological polar surface area (TPSA) is 50.8 Å². The van der Waals surface area contributed by atoms with Crippen molar-refractivity contribution in [3.05, 3.63) is 52.1 Å². The van der Waals surface area contributed by atoms with Crippen molar-refractivity contribution in [2.75, 3.05) is 0 Å². The lowest BCUT2D eigenvalue weighted by Crippen LogP contribution is -2.00. The lowest BCUT2D eigenvalue weighted by Gasteiger charge is -2.07. The molecular formula is C13H8Cl2FN3O. The number of fused-ring (bicyclic) bond motifs is 1. The van der Waals surface area contributed by atoms with E-state index in [1.54, 1.807) is 18.2 Å². The van der Waals surface area contributed by atoms with Crippen LogP contribution in [0.25, 0.3) is 11.0 Å². The summed E-state index contributed by atoms with van der Waals surface area (Å²) in [4.78, 5) is 11.0. The van der Waals surface area contributed by atoms with Gasteiger partial charge in [0.1, 0.15) is 23.1 Å². The lowest BCUT2D eigenvalue weighted by atomic mass is 10.2. The first-order chi connectivity index (χ1) is 9.63. The Bertz CT molecular complexity index is 775. The molecule has 0 radical (unpaired) electrons. The minimum atomic E-state index is -0.430. The molecule has 0 spiro atoms. The highest BCUT2D eigenvalue weighted by Crippen LogP contribution is 2.25. The molecule has 0 aliphatic rings. The Morgan fingerprint density at radius 3 is 2.90 bits per heavy atom. The summed E-state index contributed by atoms with van der Waals surface area (Å²) < 4.78 is 19.2. The first-order valence-electron chi connectivity index (χ1n) is 5.70. The van der Waals surface area contributed by atoms with Crippen LogP contribution in [-0.4, -0.2) is 15.0 Å². The van der Waals surface area contributed by atoms with Gasteiger partial charge in [0.25, 0.3) is 0 Å². The van der Waals surface area contributed by atoms with E-state index < -0.39 is 5.82 Å². The van der Waals surface area contributed by atoms with Crippen molar-refractivity contribution in [1.29, 1.82) is 0 Å². The molecule has 0 unspecified atom stereocenters. The van der Waals surface area contributed by atoms with Gasteiger partial charge in [0, 0.05) is 16.7 Å². The molecule has 2 aromatic heterocycles. The zero-order valence-electron chi connectivity index (χ0n) is 10.0. The molecule has 4 nitrogen and oxygen atoms in total. The molecule has 1 N–H and O–H groups in total. The van der Waals surface area contributed by atoms with E-state index in [1.807, 2.05) is 0 Å². The Hall–Kier alpha value is -1.85. The van der Waals surface area contributed by atoms with Gasteiger partial charge >= 0.3 is 0 Å². The van der Waals surface area contributed by atoms with Crippen LogP contribution in [0.2, 0.25) is 10.2 Å². The van der Waals surface area contributed by atoms with Gasteiger partial charge in [-0.25, -0.2) is 9.37 Å². The van der Waals surface area contributed by atoms with Crippen molar-refractivity contribution in [2.45, 2.75) is 6.61 Å². The third kappa shape index (κ3) is 2.55. The molecule has 0 saturated heterocycles. The highest BCUT2D eigenvalue weighted by atomic mass is 35.5. The number of aromatic amines is 1. The van der Waals surface area contributed by atoms with E-state index in [0.717, 1.165) is 0 Å². The zero-order valence-corrected chi connectivity index (χ0v) is 11.5. The number of ether oxygens (including phenoxy) is 1. The monoisotopic (exact) mass is 311 g/mol. The van der Waals surface area contributed by atoms with Crippen LogP contribution in [0.4, 0.5) is 4.39 Å². The van der Waals surface area contributed by atoms with E-state index in [2.05, 4.69) is 15.0 Å². The van der Waals surface area contributed by atoms with Crippen LogP contribution in [0.15, 0.2) is 30.6 Å². The normalized spacial score (nSPS) is 10.9. The van der Waals surface area contributed by atoms with Crippen LogP contribution < -0.4 is 4.74 Å². The maximum atomic E-state index is 13.7. The summed E-state index contributed by atoms with van der Waals surface area (Å²) >= 11 is 11.6. The SMILES string of the molecule is Fc1cc(Cl)ccc1COc1nc(Cl)cc2nc[nH]c12. The Morgan fingerprint density at radius 2 is 2.10 bits per heavy atom. The van der Waals surface area contributed by atoms with E-state index in [9.17, 15) is 4.39 Å². The Balaban J connectivity index is 1.88. The maximum absolute atomic E-state index is 13.7. The molecule has 0 amide bonds.